The molecule has 0 aliphatic carbocycles. The summed E-state index contributed by atoms with van der Waals surface area (Å²) in [5.41, 5.74) is 0.869. The van der Waals surface area contributed by atoms with Crippen molar-refractivity contribution >= 4 is 17.4 Å². The number of rotatable bonds is 7. The maximum Gasteiger partial charge on any atom is 0.287 e. The quantitative estimate of drug-likeness (QED) is 0.427. The van der Waals surface area contributed by atoms with Gasteiger partial charge in [0.05, 0.1) is 24.7 Å². The topological polar surface area (TPSA) is 105 Å². The van der Waals surface area contributed by atoms with E-state index in [9.17, 15) is 10.1 Å². The van der Waals surface area contributed by atoms with Crippen LogP contribution in [-0.2, 0) is 11.3 Å². The Hall–Kier alpha value is -2.98. The Bertz CT molecular complexity index is 985. The van der Waals surface area contributed by atoms with Crippen LogP contribution in [0.3, 0.4) is 0 Å². The van der Waals surface area contributed by atoms with Crippen molar-refractivity contribution in [3.8, 4) is 17.1 Å². The molecule has 3 heterocycles. The molecule has 3 aromatic rings. The molecule has 1 aliphatic heterocycles. The van der Waals surface area contributed by atoms with Crippen LogP contribution in [0.25, 0.3) is 11.4 Å². The van der Waals surface area contributed by atoms with Gasteiger partial charge in [-0.05, 0) is 54.9 Å². The fourth-order valence-electron chi connectivity index (χ4n) is 3.11. The largest absolute Gasteiger partial charge is 0.497 e. The molecule has 9 nitrogen and oxygen atoms in total. The minimum Gasteiger partial charge on any atom is -0.497 e. The Morgan fingerprint density at radius 2 is 2.10 bits per heavy atom. The first kappa shape index (κ1) is 19.3. The zero-order valence-electron chi connectivity index (χ0n) is 15.7. The average Bonchev–Trinajstić information content (AvgIpc) is 3.39. The number of ether oxygens (including phenoxy) is 2. The highest BCUT2D eigenvalue weighted by molar-refractivity contribution is 7.99. The molecule has 1 fully saturated rings. The van der Waals surface area contributed by atoms with E-state index in [1.807, 2.05) is 28.8 Å². The van der Waals surface area contributed by atoms with Crippen molar-refractivity contribution in [2.24, 2.45) is 0 Å². The van der Waals surface area contributed by atoms with E-state index >= 15 is 0 Å². The van der Waals surface area contributed by atoms with E-state index in [-0.39, 0.29) is 11.8 Å². The molecule has 0 N–H and O–H groups in total. The van der Waals surface area contributed by atoms with E-state index in [0.29, 0.717) is 16.7 Å². The molecule has 0 saturated carbocycles. The summed E-state index contributed by atoms with van der Waals surface area (Å²) in [4.78, 5) is 14.5. The number of aromatic nitrogens is 4. The second-order valence-corrected chi connectivity index (χ2v) is 7.48. The van der Waals surface area contributed by atoms with Crippen LogP contribution >= 0.6 is 11.8 Å². The van der Waals surface area contributed by atoms with Crippen LogP contribution in [0.1, 0.15) is 12.8 Å². The van der Waals surface area contributed by atoms with Gasteiger partial charge in [-0.1, -0.05) is 0 Å². The zero-order valence-corrected chi connectivity index (χ0v) is 16.5. The van der Waals surface area contributed by atoms with Gasteiger partial charge in [-0.2, -0.15) is 0 Å². The summed E-state index contributed by atoms with van der Waals surface area (Å²) < 4.78 is 13.1. The maximum absolute atomic E-state index is 10.8. The van der Waals surface area contributed by atoms with E-state index in [1.54, 1.807) is 13.2 Å². The van der Waals surface area contributed by atoms with E-state index in [0.717, 1.165) is 36.6 Å². The Balaban J connectivity index is 1.64. The Morgan fingerprint density at radius 1 is 1.28 bits per heavy atom. The van der Waals surface area contributed by atoms with Gasteiger partial charge in [0.1, 0.15) is 17.0 Å². The minimum absolute atomic E-state index is 0.0471. The van der Waals surface area contributed by atoms with Crippen LogP contribution in [0.4, 0.5) is 5.69 Å². The molecule has 4 rings (SSSR count). The summed E-state index contributed by atoms with van der Waals surface area (Å²) >= 11 is 1.32. The summed E-state index contributed by atoms with van der Waals surface area (Å²) in [6, 6.07) is 10.7. The van der Waals surface area contributed by atoms with Gasteiger partial charge in [0, 0.05) is 18.2 Å². The molecular formula is C19H19N5O4S. The number of nitro groups is 1. The van der Waals surface area contributed by atoms with Crippen molar-refractivity contribution in [3.63, 3.8) is 0 Å². The number of pyridine rings is 1. The van der Waals surface area contributed by atoms with Crippen LogP contribution in [0.15, 0.2) is 52.8 Å². The van der Waals surface area contributed by atoms with E-state index < -0.39 is 4.92 Å². The zero-order chi connectivity index (χ0) is 20.2. The van der Waals surface area contributed by atoms with E-state index in [1.165, 1.54) is 24.0 Å². The standard InChI is InChI=1S/C19H19N5O4S/c1-27-15-7-4-13(5-8-15)18-21-22-19(23(18)12-16-3-2-10-28-16)29-17-9-6-14(11-20-17)24(25)26/h4-9,11,16H,2-3,10,12H2,1H3. The lowest BCUT2D eigenvalue weighted by atomic mass is 10.2. The lowest BCUT2D eigenvalue weighted by Gasteiger charge is -2.14. The van der Waals surface area contributed by atoms with Crippen LogP contribution < -0.4 is 4.74 Å². The Morgan fingerprint density at radius 3 is 2.72 bits per heavy atom. The molecule has 0 spiro atoms. The van der Waals surface area contributed by atoms with Gasteiger partial charge in [0.15, 0.2) is 11.0 Å². The van der Waals surface area contributed by atoms with Gasteiger partial charge in [-0.15, -0.1) is 10.2 Å². The molecule has 29 heavy (non-hydrogen) atoms. The smallest absolute Gasteiger partial charge is 0.287 e. The predicted molar refractivity (Wildman–Crippen MR) is 106 cm³/mol. The highest BCUT2D eigenvalue weighted by atomic mass is 32.2. The fourth-order valence-corrected chi connectivity index (χ4v) is 3.89. The molecule has 0 radical (unpaired) electrons. The Kier molecular flexibility index (Phi) is 5.72. The molecule has 150 valence electrons. The number of hydrogen-bond donors (Lipinski definition) is 0. The molecule has 1 aromatic carbocycles. The first-order valence-corrected chi connectivity index (χ1v) is 9.93. The highest BCUT2D eigenvalue weighted by Gasteiger charge is 2.22. The summed E-state index contributed by atoms with van der Waals surface area (Å²) in [6.07, 6.45) is 3.37. The summed E-state index contributed by atoms with van der Waals surface area (Å²) in [6.45, 7) is 1.39. The molecule has 0 bridgehead atoms. The molecular weight excluding hydrogens is 394 g/mol. The lowest BCUT2D eigenvalue weighted by molar-refractivity contribution is -0.385. The third kappa shape index (κ3) is 4.38. The fraction of sp³-hybridized carbons (Fsp3) is 0.316. The third-order valence-corrected chi connectivity index (χ3v) is 5.54. The second kappa shape index (κ2) is 8.58. The average molecular weight is 413 g/mol. The van der Waals surface area contributed by atoms with Crippen LogP contribution in [0.2, 0.25) is 0 Å². The molecule has 1 saturated heterocycles. The molecule has 2 aromatic heterocycles. The van der Waals surface area contributed by atoms with Gasteiger partial charge < -0.3 is 9.47 Å². The summed E-state index contributed by atoms with van der Waals surface area (Å²) in [5, 5.41) is 20.8. The van der Waals surface area contributed by atoms with Crippen molar-refractivity contribution in [2.75, 3.05) is 13.7 Å². The SMILES string of the molecule is COc1ccc(-c2nnc(Sc3ccc([N+](=O)[O-])cn3)n2CC2CCCO2)cc1. The lowest BCUT2D eigenvalue weighted by Crippen LogP contribution is -2.16. The van der Waals surface area contributed by atoms with Crippen molar-refractivity contribution < 1.29 is 14.4 Å². The van der Waals surface area contributed by atoms with E-state index in [2.05, 4.69) is 15.2 Å². The minimum atomic E-state index is -0.469. The van der Waals surface area contributed by atoms with Gasteiger partial charge in [-0.25, -0.2) is 4.98 Å². The molecule has 0 amide bonds. The first-order valence-electron chi connectivity index (χ1n) is 9.11. The number of hydrogen-bond acceptors (Lipinski definition) is 8. The van der Waals surface area contributed by atoms with Gasteiger partial charge in [0.25, 0.3) is 5.69 Å². The van der Waals surface area contributed by atoms with E-state index in [4.69, 9.17) is 9.47 Å². The van der Waals surface area contributed by atoms with Gasteiger partial charge in [-0.3, -0.25) is 14.7 Å². The third-order valence-electron chi connectivity index (χ3n) is 4.60. The van der Waals surface area contributed by atoms with Gasteiger partial charge >= 0.3 is 0 Å². The number of nitrogens with zero attached hydrogens (tertiary/aromatic N) is 5. The van der Waals surface area contributed by atoms with Crippen molar-refractivity contribution in [2.45, 2.75) is 35.7 Å². The predicted octanol–water partition coefficient (Wildman–Crippen LogP) is 3.59. The number of methoxy groups -OCH3 is 1. The Labute approximate surface area is 171 Å². The monoisotopic (exact) mass is 413 g/mol. The van der Waals surface area contributed by atoms with Crippen molar-refractivity contribution in [1.82, 2.24) is 19.7 Å². The van der Waals surface area contributed by atoms with Crippen LogP contribution in [-0.4, -0.2) is 44.5 Å². The second-order valence-electron chi connectivity index (χ2n) is 6.49. The molecule has 1 aliphatic rings. The molecule has 1 unspecified atom stereocenters. The summed E-state index contributed by atoms with van der Waals surface area (Å²) in [7, 11) is 1.63. The molecule has 1 atom stereocenters. The summed E-state index contributed by atoms with van der Waals surface area (Å²) in [5.74, 6) is 1.50. The normalized spacial score (nSPS) is 16.1. The van der Waals surface area contributed by atoms with Crippen LogP contribution in [0, 0.1) is 10.1 Å². The first-order chi connectivity index (χ1) is 14.1. The maximum atomic E-state index is 10.8. The van der Waals surface area contributed by atoms with Crippen molar-refractivity contribution in [1.29, 1.82) is 0 Å². The molecule has 10 heteroatoms. The number of benzene rings is 1. The van der Waals surface area contributed by atoms with Crippen LogP contribution in [0.5, 0.6) is 5.75 Å². The van der Waals surface area contributed by atoms with Crippen molar-refractivity contribution in [3.05, 3.63) is 52.7 Å². The van der Waals surface area contributed by atoms with Gasteiger partial charge in [0.2, 0.25) is 0 Å². The highest BCUT2D eigenvalue weighted by Crippen LogP contribution is 2.31.